The highest BCUT2D eigenvalue weighted by Gasteiger charge is 2.10. The molecule has 0 spiro atoms. The topological polar surface area (TPSA) is 30.5 Å². The van der Waals surface area contributed by atoms with Crippen LogP contribution >= 0.6 is 0 Å². The van der Waals surface area contributed by atoms with Crippen LogP contribution < -0.4 is 10.1 Å². The quantitative estimate of drug-likeness (QED) is 0.752. The molecule has 0 amide bonds. The molecular formula is C18H23NO2. The number of para-hydroxylation sites is 1. The predicted molar refractivity (Wildman–Crippen MR) is 85.5 cm³/mol. The van der Waals surface area contributed by atoms with Gasteiger partial charge < -0.3 is 14.8 Å². The van der Waals surface area contributed by atoms with Crippen molar-refractivity contribution >= 4 is 0 Å². The highest BCUT2D eigenvalue weighted by atomic mass is 16.5. The third kappa shape index (κ3) is 4.88. The van der Waals surface area contributed by atoms with Crippen molar-refractivity contribution in [3.05, 3.63) is 65.7 Å². The summed E-state index contributed by atoms with van der Waals surface area (Å²) in [6.07, 6.45) is 0. The molecule has 0 heterocycles. The van der Waals surface area contributed by atoms with E-state index < -0.39 is 0 Å². The van der Waals surface area contributed by atoms with Gasteiger partial charge in [0.1, 0.15) is 12.4 Å². The standard InChI is InChI=1S/C18H23NO2/c1-15(19-14-16-8-4-3-5-9-16)17-10-6-7-11-18(17)21-13-12-20-2/h3-11,15,19H,12-14H2,1-2H3. The first kappa shape index (κ1) is 15.5. The Bertz CT molecular complexity index is 528. The number of methoxy groups -OCH3 is 1. The molecule has 0 bridgehead atoms. The lowest BCUT2D eigenvalue weighted by Crippen LogP contribution is -2.19. The maximum absolute atomic E-state index is 5.79. The molecule has 1 unspecified atom stereocenters. The number of rotatable bonds is 8. The number of nitrogens with one attached hydrogen (secondary N) is 1. The van der Waals surface area contributed by atoms with E-state index in [0.29, 0.717) is 13.2 Å². The summed E-state index contributed by atoms with van der Waals surface area (Å²) < 4.78 is 10.8. The monoisotopic (exact) mass is 285 g/mol. The lowest BCUT2D eigenvalue weighted by atomic mass is 10.1. The summed E-state index contributed by atoms with van der Waals surface area (Å²) in [6.45, 7) is 4.16. The van der Waals surface area contributed by atoms with E-state index in [2.05, 4.69) is 42.6 Å². The van der Waals surface area contributed by atoms with Crippen molar-refractivity contribution in [1.29, 1.82) is 0 Å². The summed E-state index contributed by atoms with van der Waals surface area (Å²) in [6, 6.07) is 18.8. The van der Waals surface area contributed by atoms with E-state index in [4.69, 9.17) is 9.47 Å². The Kier molecular flexibility index (Phi) is 6.25. The molecule has 0 aliphatic rings. The zero-order valence-electron chi connectivity index (χ0n) is 12.7. The van der Waals surface area contributed by atoms with Crippen molar-refractivity contribution < 1.29 is 9.47 Å². The van der Waals surface area contributed by atoms with Crippen LogP contribution in [0.5, 0.6) is 5.75 Å². The third-order valence-corrected chi connectivity index (χ3v) is 3.39. The second-order valence-corrected chi connectivity index (χ2v) is 4.97. The average Bonchev–Trinajstić information content (AvgIpc) is 2.54. The molecule has 0 radical (unpaired) electrons. The molecule has 0 fully saturated rings. The van der Waals surface area contributed by atoms with Crippen LogP contribution in [0, 0.1) is 0 Å². The fourth-order valence-corrected chi connectivity index (χ4v) is 2.18. The Morgan fingerprint density at radius 1 is 0.952 bits per heavy atom. The molecule has 3 nitrogen and oxygen atoms in total. The molecule has 112 valence electrons. The van der Waals surface area contributed by atoms with E-state index in [1.807, 2.05) is 24.3 Å². The fourth-order valence-electron chi connectivity index (χ4n) is 2.18. The SMILES string of the molecule is COCCOc1ccccc1C(C)NCc1ccccc1. The third-order valence-electron chi connectivity index (χ3n) is 3.39. The minimum absolute atomic E-state index is 0.226. The van der Waals surface area contributed by atoms with E-state index in [1.165, 1.54) is 11.1 Å². The minimum Gasteiger partial charge on any atom is -0.491 e. The molecule has 2 aromatic carbocycles. The normalized spacial score (nSPS) is 12.1. The second kappa shape index (κ2) is 8.45. The van der Waals surface area contributed by atoms with Gasteiger partial charge in [0.05, 0.1) is 6.61 Å². The molecular weight excluding hydrogens is 262 g/mol. The highest BCUT2D eigenvalue weighted by molar-refractivity contribution is 5.35. The first-order valence-electron chi connectivity index (χ1n) is 7.29. The highest BCUT2D eigenvalue weighted by Crippen LogP contribution is 2.25. The van der Waals surface area contributed by atoms with Crippen molar-refractivity contribution in [2.75, 3.05) is 20.3 Å². The van der Waals surface area contributed by atoms with Gasteiger partial charge in [0, 0.05) is 25.3 Å². The van der Waals surface area contributed by atoms with Crippen molar-refractivity contribution in [3.8, 4) is 5.75 Å². The van der Waals surface area contributed by atoms with Crippen LogP contribution in [0.3, 0.4) is 0 Å². The molecule has 2 rings (SSSR count). The van der Waals surface area contributed by atoms with Gasteiger partial charge in [0.2, 0.25) is 0 Å². The average molecular weight is 285 g/mol. The van der Waals surface area contributed by atoms with E-state index in [-0.39, 0.29) is 6.04 Å². The van der Waals surface area contributed by atoms with Crippen LogP contribution in [0.4, 0.5) is 0 Å². The lowest BCUT2D eigenvalue weighted by molar-refractivity contribution is 0.145. The molecule has 3 heteroatoms. The molecule has 0 saturated carbocycles. The van der Waals surface area contributed by atoms with Crippen LogP contribution in [0.2, 0.25) is 0 Å². The minimum atomic E-state index is 0.226. The summed E-state index contributed by atoms with van der Waals surface area (Å²) >= 11 is 0. The zero-order valence-corrected chi connectivity index (χ0v) is 12.7. The van der Waals surface area contributed by atoms with Gasteiger partial charge in [0.15, 0.2) is 0 Å². The fraction of sp³-hybridized carbons (Fsp3) is 0.333. The number of hydrogen-bond donors (Lipinski definition) is 1. The van der Waals surface area contributed by atoms with Crippen LogP contribution in [-0.2, 0) is 11.3 Å². The molecule has 0 aliphatic carbocycles. The van der Waals surface area contributed by atoms with Gasteiger partial charge in [-0.2, -0.15) is 0 Å². The Morgan fingerprint density at radius 2 is 1.67 bits per heavy atom. The van der Waals surface area contributed by atoms with Crippen molar-refractivity contribution in [2.24, 2.45) is 0 Å². The molecule has 1 N–H and O–H groups in total. The molecule has 1 atom stereocenters. The molecule has 0 saturated heterocycles. The smallest absolute Gasteiger partial charge is 0.124 e. The van der Waals surface area contributed by atoms with Crippen LogP contribution in [0.15, 0.2) is 54.6 Å². The molecule has 21 heavy (non-hydrogen) atoms. The van der Waals surface area contributed by atoms with E-state index in [9.17, 15) is 0 Å². The van der Waals surface area contributed by atoms with Gasteiger partial charge in [0.25, 0.3) is 0 Å². The van der Waals surface area contributed by atoms with Crippen LogP contribution in [-0.4, -0.2) is 20.3 Å². The van der Waals surface area contributed by atoms with Crippen molar-refractivity contribution in [2.45, 2.75) is 19.5 Å². The summed E-state index contributed by atoms with van der Waals surface area (Å²) in [5.41, 5.74) is 2.45. The molecule has 2 aromatic rings. The van der Waals surface area contributed by atoms with Crippen molar-refractivity contribution in [3.63, 3.8) is 0 Å². The number of hydrogen-bond acceptors (Lipinski definition) is 3. The van der Waals surface area contributed by atoms with Gasteiger partial charge in [-0.3, -0.25) is 0 Å². The Labute approximate surface area is 126 Å². The van der Waals surface area contributed by atoms with Gasteiger partial charge in [-0.1, -0.05) is 48.5 Å². The first-order chi connectivity index (χ1) is 10.3. The van der Waals surface area contributed by atoms with Gasteiger partial charge in [-0.25, -0.2) is 0 Å². The largest absolute Gasteiger partial charge is 0.491 e. The Hall–Kier alpha value is -1.84. The van der Waals surface area contributed by atoms with Gasteiger partial charge in [-0.05, 0) is 18.6 Å². The summed E-state index contributed by atoms with van der Waals surface area (Å²) in [5.74, 6) is 0.919. The Balaban J connectivity index is 1.96. The van der Waals surface area contributed by atoms with Crippen molar-refractivity contribution in [1.82, 2.24) is 5.32 Å². The van der Waals surface area contributed by atoms with E-state index in [0.717, 1.165) is 12.3 Å². The van der Waals surface area contributed by atoms with Crippen LogP contribution in [0.25, 0.3) is 0 Å². The predicted octanol–water partition coefficient (Wildman–Crippen LogP) is 3.56. The van der Waals surface area contributed by atoms with Crippen LogP contribution in [0.1, 0.15) is 24.1 Å². The van der Waals surface area contributed by atoms with Gasteiger partial charge in [-0.15, -0.1) is 0 Å². The number of benzene rings is 2. The van der Waals surface area contributed by atoms with Gasteiger partial charge >= 0.3 is 0 Å². The summed E-state index contributed by atoms with van der Waals surface area (Å²) in [5, 5.41) is 3.53. The van der Waals surface area contributed by atoms with E-state index in [1.54, 1.807) is 7.11 Å². The Morgan fingerprint density at radius 3 is 2.43 bits per heavy atom. The summed E-state index contributed by atoms with van der Waals surface area (Å²) in [7, 11) is 1.68. The molecule has 0 aromatic heterocycles. The number of ether oxygens (including phenoxy) is 2. The first-order valence-corrected chi connectivity index (χ1v) is 7.29. The molecule has 0 aliphatic heterocycles. The maximum Gasteiger partial charge on any atom is 0.124 e. The second-order valence-electron chi connectivity index (χ2n) is 4.97. The zero-order chi connectivity index (χ0) is 14.9. The maximum atomic E-state index is 5.79. The van der Waals surface area contributed by atoms with E-state index >= 15 is 0 Å². The lowest BCUT2D eigenvalue weighted by Gasteiger charge is -2.18. The summed E-state index contributed by atoms with van der Waals surface area (Å²) in [4.78, 5) is 0.